The summed E-state index contributed by atoms with van der Waals surface area (Å²) in [4.78, 5) is 21.7. The third-order valence-electron chi connectivity index (χ3n) is 7.04. The molecule has 1 aliphatic carbocycles. The van der Waals surface area contributed by atoms with Gasteiger partial charge in [-0.3, -0.25) is 14.1 Å². The van der Waals surface area contributed by atoms with Crippen molar-refractivity contribution in [3.8, 4) is 22.8 Å². The number of hydrogen-bond acceptors (Lipinski definition) is 6. The second-order valence-electron chi connectivity index (χ2n) is 9.40. The molecule has 0 unspecified atom stereocenters. The van der Waals surface area contributed by atoms with Crippen LogP contribution >= 0.6 is 0 Å². The van der Waals surface area contributed by atoms with E-state index in [1.54, 1.807) is 11.1 Å². The molecule has 0 radical (unpaired) electrons. The van der Waals surface area contributed by atoms with Crippen LogP contribution in [0.3, 0.4) is 0 Å². The van der Waals surface area contributed by atoms with E-state index in [1.807, 2.05) is 28.8 Å². The van der Waals surface area contributed by atoms with Crippen molar-refractivity contribution in [3.63, 3.8) is 0 Å². The Bertz CT molecular complexity index is 1270. The van der Waals surface area contributed by atoms with Crippen LogP contribution < -0.4 is 9.47 Å². The predicted molar refractivity (Wildman–Crippen MR) is 128 cm³/mol. The van der Waals surface area contributed by atoms with E-state index in [-0.39, 0.29) is 23.3 Å². The zero-order chi connectivity index (χ0) is 24.6. The summed E-state index contributed by atoms with van der Waals surface area (Å²) in [6, 6.07) is 7.36. The number of benzene rings is 1. The number of amides is 1. The Kier molecular flexibility index (Phi) is 6.22. The molecule has 190 valence electrons. The number of hydrogen-bond donors (Lipinski definition) is 0. The van der Waals surface area contributed by atoms with Gasteiger partial charge in [0.1, 0.15) is 23.8 Å². The lowest BCUT2D eigenvalue weighted by molar-refractivity contribution is -0.0503. The third-order valence-corrected chi connectivity index (χ3v) is 7.04. The predicted octanol–water partition coefficient (Wildman–Crippen LogP) is 3.47. The van der Waals surface area contributed by atoms with E-state index in [4.69, 9.17) is 14.2 Å². The van der Waals surface area contributed by atoms with E-state index in [2.05, 4.69) is 9.88 Å². The fraction of sp³-hybridized carbons (Fsp3) is 0.462. The Morgan fingerprint density at radius 1 is 1.14 bits per heavy atom. The zero-order valence-electron chi connectivity index (χ0n) is 19.9. The van der Waals surface area contributed by atoms with Crippen molar-refractivity contribution >= 4 is 11.6 Å². The Morgan fingerprint density at radius 2 is 1.97 bits per heavy atom. The first kappa shape index (κ1) is 23.2. The molecule has 2 aromatic heterocycles. The van der Waals surface area contributed by atoms with Crippen molar-refractivity contribution in [3.05, 3.63) is 47.8 Å². The highest BCUT2D eigenvalue weighted by Gasteiger charge is 2.38. The number of nitrogens with zero attached hydrogens (tertiary/aromatic N) is 4. The quantitative estimate of drug-likeness (QED) is 0.474. The molecule has 10 heteroatoms. The first-order valence-electron chi connectivity index (χ1n) is 12.4. The molecule has 1 saturated heterocycles. The van der Waals surface area contributed by atoms with E-state index >= 15 is 0 Å². The summed E-state index contributed by atoms with van der Waals surface area (Å²) in [6.45, 7) is 2.29. The molecule has 3 aromatic rings. The summed E-state index contributed by atoms with van der Waals surface area (Å²) < 4.78 is 44.6. The van der Waals surface area contributed by atoms with Gasteiger partial charge in [0.25, 0.3) is 5.91 Å². The number of aromatic nitrogens is 2. The van der Waals surface area contributed by atoms with Crippen molar-refractivity contribution < 1.29 is 27.8 Å². The largest absolute Gasteiger partial charge is 0.492 e. The highest BCUT2D eigenvalue weighted by molar-refractivity contribution is 6.00. The van der Waals surface area contributed by atoms with Gasteiger partial charge in [0, 0.05) is 50.0 Å². The van der Waals surface area contributed by atoms with Gasteiger partial charge in [0.2, 0.25) is 0 Å². The fourth-order valence-electron chi connectivity index (χ4n) is 5.05. The van der Waals surface area contributed by atoms with Gasteiger partial charge in [0.05, 0.1) is 30.7 Å². The topological polar surface area (TPSA) is 68.5 Å². The number of pyridine rings is 1. The van der Waals surface area contributed by atoms with E-state index in [9.17, 15) is 13.6 Å². The van der Waals surface area contributed by atoms with Crippen LogP contribution in [0.1, 0.15) is 28.8 Å². The summed E-state index contributed by atoms with van der Waals surface area (Å²) in [6.07, 6.45) is 6.08. The summed E-state index contributed by atoms with van der Waals surface area (Å²) in [5.74, 6) is 0.412. The molecule has 0 spiro atoms. The summed E-state index contributed by atoms with van der Waals surface area (Å²) in [5.41, 5.74) is 3.05. The Morgan fingerprint density at radius 3 is 2.75 bits per heavy atom. The van der Waals surface area contributed by atoms with E-state index in [0.29, 0.717) is 36.5 Å². The molecular weight excluding hydrogens is 470 g/mol. The van der Waals surface area contributed by atoms with Crippen molar-refractivity contribution in [1.82, 2.24) is 19.2 Å². The van der Waals surface area contributed by atoms with Crippen molar-refractivity contribution in [1.29, 1.82) is 0 Å². The number of carbonyl (C=O) groups is 1. The standard InChI is InChI=1S/C26H28F2N4O4/c27-26(28)36-22-14-18(13-17-3-5-31(19-1-2-19)25(33)24(17)22)21-16-29-23-15-20(4-6-32(21)23)35-12-9-30-7-10-34-11-8-30/h4,6,13-16,19,26H,1-3,5,7-12H2. The molecule has 1 aromatic carbocycles. The highest BCUT2D eigenvalue weighted by Crippen LogP contribution is 2.38. The second kappa shape index (κ2) is 9.67. The number of rotatable bonds is 8. The minimum atomic E-state index is -3.02. The minimum absolute atomic E-state index is 0.0779. The Balaban J connectivity index is 1.25. The van der Waals surface area contributed by atoms with Crippen molar-refractivity contribution in [2.45, 2.75) is 31.9 Å². The smallest absolute Gasteiger partial charge is 0.387 e. The Labute approximate surface area is 207 Å². The highest BCUT2D eigenvalue weighted by atomic mass is 19.3. The number of carbonyl (C=O) groups excluding carboxylic acids is 1. The SMILES string of the molecule is O=C1c2c(cc(-c3cnc4cc(OCCN5CCOCC5)ccn34)cc2OC(F)F)CCN1C1CC1. The first-order chi connectivity index (χ1) is 17.6. The van der Waals surface area contributed by atoms with Crippen LogP contribution in [0.2, 0.25) is 0 Å². The molecular formula is C26H28F2N4O4. The molecule has 0 bridgehead atoms. The van der Waals surface area contributed by atoms with Gasteiger partial charge in [-0.05, 0) is 43.0 Å². The van der Waals surface area contributed by atoms with E-state index < -0.39 is 6.61 Å². The van der Waals surface area contributed by atoms with Crippen LogP contribution in [0, 0.1) is 0 Å². The number of imidazole rings is 1. The van der Waals surface area contributed by atoms with Crippen LogP contribution in [0.15, 0.2) is 36.7 Å². The van der Waals surface area contributed by atoms with Crippen LogP contribution in [0.25, 0.3) is 16.9 Å². The van der Waals surface area contributed by atoms with Gasteiger partial charge in [-0.1, -0.05) is 0 Å². The van der Waals surface area contributed by atoms with Gasteiger partial charge in [0.15, 0.2) is 0 Å². The summed E-state index contributed by atoms with van der Waals surface area (Å²) in [7, 11) is 0. The maximum absolute atomic E-state index is 13.3. The number of halogens is 2. The molecule has 3 aliphatic rings. The van der Waals surface area contributed by atoms with Crippen LogP contribution in [-0.2, 0) is 11.2 Å². The fourth-order valence-corrected chi connectivity index (χ4v) is 5.05. The maximum Gasteiger partial charge on any atom is 0.387 e. The molecule has 2 aliphatic heterocycles. The molecule has 6 rings (SSSR count). The van der Waals surface area contributed by atoms with E-state index in [1.165, 1.54) is 6.07 Å². The number of fused-ring (bicyclic) bond motifs is 2. The molecule has 2 fully saturated rings. The maximum atomic E-state index is 13.3. The van der Waals surface area contributed by atoms with Gasteiger partial charge in [-0.2, -0.15) is 8.78 Å². The summed E-state index contributed by atoms with van der Waals surface area (Å²) in [5, 5.41) is 0. The molecule has 0 atom stereocenters. The minimum Gasteiger partial charge on any atom is -0.492 e. The van der Waals surface area contributed by atoms with Gasteiger partial charge in [-0.25, -0.2) is 4.98 Å². The second-order valence-corrected chi connectivity index (χ2v) is 9.40. The lowest BCUT2D eigenvalue weighted by Gasteiger charge is -2.30. The van der Waals surface area contributed by atoms with Crippen molar-refractivity contribution in [2.75, 3.05) is 46.0 Å². The molecule has 1 amide bonds. The Hall–Kier alpha value is -3.24. The molecule has 4 heterocycles. The van der Waals surface area contributed by atoms with E-state index in [0.717, 1.165) is 56.9 Å². The number of morpholine rings is 1. The van der Waals surface area contributed by atoms with Gasteiger partial charge < -0.3 is 19.1 Å². The molecule has 8 nitrogen and oxygen atoms in total. The van der Waals surface area contributed by atoms with Gasteiger partial charge in [-0.15, -0.1) is 0 Å². The number of alkyl halides is 2. The zero-order valence-corrected chi connectivity index (χ0v) is 19.9. The molecule has 1 saturated carbocycles. The monoisotopic (exact) mass is 498 g/mol. The van der Waals surface area contributed by atoms with Gasteiger partial charge >= 0.3 is 6.61 Å². The lowest BCUT2D eigenvalue weighted by Crippen LogP contribution is -2.39. The average molecular weight is 499 g/mol. The molecule has 36 heavy (non-hydrogen) atoms. The van der Waals surface area contributed by atoms with Crippen LogP contribution in [-0.4, -0.2) is 83.7 Å². The van der Waals surface area contributed by atoms with Crippen molar-refractivity contribution in [2.24, 2.45) is 0 Å². The number of ether oxygens (including phenoxy) is 3. The lowest BCUT2D eigenvalue weighted by atomic mass is 9.94. The van der Waals surface area contributed by atoms with Crippen LogP contribution in [0.5, 0.6) is 11.5 Å². The molecule has 0 N–H and O–H groups in total. The third kappa shape index (κ3) is 4.62. The first-order valence-corrected chi connectivity index (χ1v) is 12.4. The normalized spacial score (nSPS) is 18.6. The summed E-state index contributed by atoms with van der Waals surface area (Å²) >= 11 is 0. The van der Waals surface area contributed by atoms with Crippen LogP contribution in [0.4, 0.5) is 8.78 Å². The average Bonchev–Trinajstić information content (AvgIpc) is 3.62.